The summed E-state index contributed by atoms with van der Waals surface area (Å²) in [5, 5.41) is 19.7. The second kappa shape index (κ2) is 7.42. The first-order valence-corrected chi connectivity index (χ1v) is 8.24. The molecule has 0 saturated carbocycles. The SMILES string of the molecule is Cc1ccccc1CCNC(=O)NCC(C)(O)c1ccsc1. The molecule has 0 aliphatic rings. The van der Waals surface area contributed by atoms with Crippen molar-refractivity contribution >= 4 is 17.4 Å². The molecular weight excluding hydrogens is 296 g/mol. The Hall–Kier alpha value is -1.85. The van der Waals surface area contributed by atoms with Crippen molar-refractivity contribution in [3.63, 3.8) is 0 Å². The number of aryl methyl sites for hydroxylation is 1. The average molecular weight is 318 g/mol. The molecule has 0 aliphatic carbocycles. The lowest BCUT2D eigenvalue weighted by molar-refractivity contribution is 0.0598. The number of nitrogens with one attached hydrogen (secondary N) is 2. The van der Waals surface area contributed by atoms with Gasteiger partial charge in [-0.05, 0) is 53.8 Å². The Bertz CT molecular complexity index is 609. The first-order valence-electron chi connectivity index (χ1n) is 7.30. The van der Waals surface area contributed by atoms with Crippen molar-refractivity contribution in [2.75, 3.05) is 13.1 Å². The molecule has 4 nitrogen and oxygen atoms in total. The smallest absolute Gasteiger partial charge is 0.314 e. The van der Waals surface area contributed by atoms with Gasteiger partial charge in [0.05, 0.1) is 6.54 Å². The molecule has 0 aliphatic heterocycles. The second-order valence-corrected chi connectivity index (χ2v) is 6.35. The molecule has 0 radical (unpaired) electrons. The largest absolute Gasteiger partial charge is 0.384 e. The fourth-order valence-corrected chi connectivity index (χ4v) is 2.97. The van der Waals surface area contributed by atoms with Crippen molar-refractivity contribution in [2.45, 2.75) is 25.9 Å². The zero-order valence-corrected chi connectivity index (χ0v) is 13.7. The van der Waals surface area contributed by atoms with Gasteiger partial charge in [-0.25, -0.2) is 4.79 Å². The summed E-state index contributed by atoms with van der Waals surface area (Å²) in [6.07, 6.45) is 0.793. The third-order valence-electron chi connectivity index (χ3n) is 3.68. The van der Waals surface area contributed by atoms with E-state index >= 15 is 0 Å². The fourth-order valence-electron chi connectivity index (χ4n) is 2.19. The number of hydrogen-bond acceptors (Lipinski definition) is 3. The highest BCUT2D eigenvalue weighted by Gasteiger charge is 2.23. The van der Waals surface area contributed by atoms with E-state index in [0.717, 1.165) is 12.0 Å². The minimum absolute atomic E-state index is 0.180. The standard InChI is InChI=1S/C17H22N2O2S/c1-13-5-3-4-6-14(13)7-9-18-16(20)19-12-17(2,21)15-8-10-22-11-15/h3-6,8,10-11,21H,7,9,12H2,1-2H3,(H2,18,19,20). The van der Waals surface area contributed by atoms with Gasteiger partial charge in [-0.1, -0.05) is 24.3 Å². The molecule has 1 aromatic carbocycles. The highest BCUT2D eigenvalue weighted by Crippen LogP contribution is 2.21. The minimum Gasteiger partial charge on any atom is -0.384 e. The number of urea groups is 1. The summed E-state index contributed by atoms with van der Waals surface area (Å²) in [6, 6.07) is 9.74. The van der Waals surface area contributed by atoms with Crippen LogP contribution in [0.5, 0.6) is 0 Å². The molecule has 0 bridgehead atoms. The van der Waals surface area contributed by atoms with E-state index in [1.165, 1.54) is 22.5 Å². The summed E-state index contributed by atoms with van der Waals surface area (Å²) in [5.74, 6) is 0. The van der Waals surface area contributed by atoms with Gasteiger partial charge < -0.3 is 15.7 Å². The van der Waals surface area contributed by atoms with E-state index in [1.807, 2.05) is 29.0 Å². The van der Waals surface area contributed by atoms with Crippen LogP contribution in [-0.2, 0) is 12.0 Å². The third-order valence-corrected chi connectivity index (χ3v) is 4.36. The summed E-state index contributed by atoms with van der Waals surface area (Å²) in [5.41, 5.74) is 2.23. The summed E-state index contributed by atoms with van der Waals surface area (Å²) < 4.78 is 0. The molecule has 1 atom stereocenters. The molecule has 5 heteroatoms. The zero-order chi connectivity index (χ0) is 16.0. The quantitative estimate of drug-likeness (QED) is 0.767. The van der Waals surface area contributed by atoms with Crippen LogP contribution in [0.3, 0.4) is 0 Å². The van der Waals surface area contributed by atoms with Crippen LogP contribution >= 0.6 is 11.3 Å². The van der Waals surface area contributed by atoms with Crippen molar-refractivity contribution < 1.29 is 9.90 Å². The molecule has 1 heterocycles. The Morgan fingerprint density at radius 2 is 2.05 bits per heavy atom. The lowest BCUT2D eigenvalue weighted by Gasteiger charge is -2.22. The van der Waals surface area contributed by atoms with Gasteiger partial charge >= 0.3 is 6.03 Å². The van der Waals surface area contributed by atoms with Crippen LogP contribution in [0, 0.1) is 6.92 Å². The molecule has 3 N–H and O–H groups in total. The minimum atomic E-state index is -1.05. The first-order chi connectivity index (χ1) is 10.5. The lowest BCUT2D eigenvalue weighted by atomic mass is 9.99. The van der Waals surface area contributed by atoms with Crippen LogP contribution in [0.1, 0.15) is 23.6 Å². The van der Waals surface area contributed by atoms with E-state index in [4.69, 9.17) is 0 Å². The van der Waals surface area contributed by atoms with Crippen LogP contribution in [0.25, 0.3) is 0 Å². The van der Waals surface area contributed by atoms with E-state index in [0.29, 0.717) is 6.54 Å². The average Bonchev–Trinajstić information content (AvgIpc) is 3.02. The maximum atomic E-state index is 11.8. The number of carbonyl (C=O) groups excluding carboxylic acids is 1. The number of rotatable bonds is 6. The van der Waals surface area contributed by atoms with Gasteiger partial charge in [-0.3, -0.25) is 0 Å². The molecule has 2 aromatic rings. The van der Waals surface area contributed by atoms with Gasteiger partial charge in [0.25, 0.3) is 0 Å². The Morgan fingerprint density at radius 1 is 1.27 bits per heavy atom. The Labute approximate surface area is 135 Å². The number of amides is 2. The number of thiophene rings is 1. The maximum absolute atomic E-state index is 11.8. The van der Waals surface area contributed by atoms with Crippen molar-refractivity contribution in [3.05, 3.63) is 57.8 Å². The number of benzene rings is 1. The molecule has 2 amide bonds. The molecular formula is C17H22N2O2S. The Kier molecular flexibility index (Phi) is 5.57. The number of carbonyl (C=O) groups is 1. The van der Waals surface area contributed by atoms with Gasteiger partial charge in [0.1, 0.15) is 5.60 Å². The van der Waals surface area contributed by atoms with Crippen LogP contribution in [0.2, 0.25) is 0 Å². The van der Waals surface area contributed by atoms with Gasteiger partial charge in [-0.2, -0.15) is 11.3 Å². The maximum Gasteiger partial charge on any atom is 0.314 e. The second-order valence-electron chi connectivity index (χ2n) is 5.57. The topological polar surface area (TPSA) is 61.4 Å². The summed E-state index contributed by atoms with van der Waals surface area (Å²) in [7, 11) is 0. The van der Waals surface area contributed by atoms with Crippen molar-refractivity contribution in [1.29, 1.82) is 0 Å². The van der Waals surface area contributed by atoms with Crippen molar-refractivity contribution in [2.24, 2.45) is 0 Å². The monoisotopic (exact) mass is 318 g/mol. The summed E-state index contributed by atoms with van der Waals surface area (Å²) in [4.78, 5) is 11.8. The molecule has 1 unspecified atom stereocenters. The van der Waals surface area contributed by atoms with E-state index in [2.05, 4.69) is 29.7 Å². The highest BCUT2D eigenvalue weighted by molar-refractivity contribution is 7.08. The predicted molar refractivity (Wildman–Crippen MR) is 90.2 cm³/mol. The highest BCUT2D eigenvalue weighted by atomic mass is 32.1. The number of hydrogen-bond donors (Lipinski definition) is 3. The molecule has 2 rings (SSSR count). The molecule has 22 heavy (non-hydrogen) atoms. The van der Waals surface area contributed by atoms with Gasteiger partial charge in [0.15, 0.2) is 0 Å². The lowest BCUT2D eigenvalue weighted by Crippen LogP contribution is -2.43. The zero-order valence-electron chi connectivity index (χ0n) is 12.9. The van der Waals surface area contributed by atoms with Gasteiger partial charge in [-0.15, -0.1) is 0 Å². The molecule has 1 aromatic heterocycles. The van der Waals surface area contributed by atoms with Crippen molar-refractivity contribution in [3.8, 4) is 0 Å². The normalized spacial score (nSPS) is 13.4. The van der Waals surface area contributed by atoms with E-state index in [-0.39, 0.29) is 12.6 Å². The summed E-state index contributed by atoms with van der Waals surface area (Å²) in [6.45, 7) is 4.51. The number of aliphatic hydroxyl groups is 1. The Morgan fingerprint density at radius 3 is 2.73 bits per heavy atom. The molecule has 118 valence electrons. The Balaban J connectivity index is 1.73. The van der Waals surface area contributed by atoms with Gasteiger partial charge in [0.2, 0.25) is 0 Å². The van der Waals surface area contributed by atoms with Gasteiger partial charge in [0, 0.05) is 6.54 Å². The van der Waals surface area contributed by atoms with E-state index in [1.54, 1.807) is 6.92 Å². The summed E-state index contributed by atoms with van der Waals surface area (Å²) >= 11 is 1.53. The predicted octanol–water partition coefficient (Wildman–Crippen LogP) is 2.81. The van der Waals surface area contributed by atoms with Crippen LogP contribution in [0.4, 0.5) is 4.79 Å². The first kappa shape index (κ1) is 16.5. The molecule has 0 saturated heterocycles. The molecule has 0 fully saturated rings. The van der Waals surface area contributed by atoms with E-state index in [9.17, 15) is 9.90 Å². The third kappa shape index (κ3) is 4.58. The van der Waals surface area contributed by atoms with Crippen LogP contribution < -0.4 is 10.6 Å². The fraction of sp³-hybridized carbons (Fsp3) is 0.353. The van der Waals surface area contributed by atoms with Crippen LogP contribution in [-0.4, -0.2) is 24.2 Å². The van der Waals surface area contributed by atoms with Crippen LogP contribution in [0.15, 0.2) is 41.1 Å². The van der Waals surface area contributed by atoms with E-state index < -0.39 is 5.60 Å². The van der Waals surface area contributed by atoms with Crippen molar-refractivity contribution in [1.82, 2.24) is 10.6 Å². The molecule has 0 spiro atoms.